The van der Waals surface area contributed by atoms with Crippen molar-refractivity contribution in [3.05, 3.63) is 0 Å². The number of hydrogen-bond acceptors (Lipinski definition) is 4. The second-order valence-corrected chi connectivity index (χ2v) is 6.93. The predicted octanol–water partition coefficient (Wildman–Crippen LogP) is 2.49. The van der Waals surface area contributed by atoms with Crippen molar-refractivity contribution >= 4 is 6.09 Å². The van der Waals surface area contributed by atoms with Gasteiger partial charge >= 0.3 is 6.09 Å². The van der Waals surface area contributed by atoms with Crippen LogP contribution < -0.4 is 11.1 Å². The molecular weight excluding hydrogens is 266 g/mol. The van der Waals surface area contributed by atoms with Gasteiger partial charge in [0.1, 0.15) is 5.60 Å². The highest BCUT2D eigenvalue weighted by atomic mass is 16.6. The van der Waals surface area contributed by atoms with E-state index in [0.29, 0.717) is 25.2 Å². The first kappa shape index (κ1) is 18.2. The maximum atomic E-state index is 11.6. The number of nitrogens with one attached hydrogen (secondary N) is 1. The zero-order valence-corrected chi connectivity index (χ0v) is 14.2. The van der Waals surface area contributed by atoms with Crippen molar-refractivity contribution < 1.29 is 9.53 Å². The van der Waals surface area contributed by atoms with Crippen LogP contribution >= 0.6 is 0 Å². The number of hydrogen-bond donors (Lipinski definition) is 2. The minimum atomic E-state index is -0.446. The maximum absolute atomic E-state index is 11.6. The summed E-state index contributed by atoms with van der Waals surface area (Å²) in [5.74, 6) is 0. The number of rotatable bonds is 9. The molecular formula is C16H33N3O2. The molecule has 124 valence electrons. The number of amides is 1. The highest BCUT2D eigenvalue weighted by Gasteiger charge is 2.32. The Balaban J connectivity index is 2.33. The van der Waals surface area contributed by atoms with Crippen LogP contribution in [-0.2, 0) is 4.74 Å². The van der Waals surface area contributed by atoms with Gasteiger partial charge in [0.05, 0.1) is 0 Å². The number of carbonyl (C=O) groups is 1. The van der Waals surface area contributed by atoms with E-state index in [0.717, 1.165) is 13.0 Å². The average molecular weight is 299 g/mol. The van der Waals surface area contributed by atoms with Gasteiger partial charge < -0.3 is 15.8 Å². The van der Waals surface area contributed by atoms with Gasteiger partial charge in [-0.3, -0.25) is 4.90 Å². The summed E-state index contributed by atoms with van der Waals surface area (Å²) in [5.41, 5.74) is 5.50. The summed E-state index contributed by atoms with van der Waals surface area (Å²) in [4.78, 5) is 14.2. The number of nitrogens with zero attached hydrogens (tertiary/aromatic N) is 1. The summed E-state index contributed by atoms with van der Waals surface area (Å²) in [6.45, 7) is 10.2. The molecule has 0 heterocycles. The Bertz CT molecular complexity index is 311. The van der Waals surface area contributed by atoms with Crippen LogP contribution in [0.4, 0.5) is 4.79 Å². The van der Waals surface area contributed by atoms with Gasteiger partial charge in [-0.1, -0.05) is 13.3 Å². The predicted molar refractivity (Wildman–Crippen MR) is 86.3 cm³/mol. The fourth-order valence-electron chi connectivity index (χ4n) is 2.48. The molecule has 0 radical (unpaired) electrons. The maximum Gasteiger partial charge on any atom is 0.407 e. The van der Waals surface area contributed by atoms with Crippen LogP contribution in [0.1, 0.15) is 59.8 Å². The Kier molecular flexibility index (Phi) is 7.46. The Morgan fingerprint density at radius 2 is 2.10 bits per heavy atom. The van der Waals surface area contributed by atoms with Crippen molar-refractivity contribution in [1.29, 1.82) is 0 Å². The number of carbonyl (C=O) groups excluding carboxylic acids is 1. The van der Waals surface area contributed by atoms with Gasteiger partial charge in [-0.15, -0.1) is 0 Å². The summed E-state index contributed by atoms with van der Waals surface area (Å²) >= 11 is 0. The SMILES string of the molecule is CCCCN(C(CN)CCNC(=O)OC(C)(C)C)C1CC1. The quantitative estimate of drug-likeness (QED) is 0.686. The number of ether oxygens (including phenoxy) is 1. The third-order valence-corrected chi connectivity index (χ3v) is 3.67. The van der Waals surface area contributed by atoms with Gasteiger partial charge in [0.2, 0.25) is 0 Å². The Hall–Kier alpha value is -0.810. The van der Waals surface area contributed by atoms with E-state index in [4.69, 9.17) is 10.5 Å². The fourth-order valence-corrected chi connectivity index (χ4v) is 2.48. The van der Waals surface area contributed by atoms with Crippen LogP contribution in [0.25, 0.3) is 0 Å². The molecule has 3 N–H and O–H groups in total. The van der Waals surface area contributed by atoms with Crippen molar-refractivity contribution in [3.63, 3.8) is 0 Å². The molecule has 5 heteroatoms. The molecule has 1 saturated carbocycles. The lowest BCUT2D eigenvalue weighted by atomic mass is 10.1. The van der Waals surface area contributed by atoms with Gasteiger partial charge in [-0.05, 0) is 53.0 Å². The van der Waals surface area contributed by atoms with Crippen molar-refractivity contribution in [2.75, 3.05) is 19.6 Å². The summed E-state index contributed by atoms with van der Waals surface area (Å²) in [6.07, 6.45) is 5.54. The highest BCUT2D eigenvalue weighted by Crippen LogP contribution is 2.29. The Labute approximate surface area is 129 Å². The molecule has 1 rings (SSSR count). The molecule has 1 fully saturated rings. The van der Waals surface area contributed by atoms with E-state index in [2.05, 4.69) is 17.1 Å². The van der Waals surface area contributed by atoms with E-state index in [1.165, 1.54) is 25.7 Å². The van der Waals surface area contributed by atoms with Gasteiger partial charge in [-0.2, -0.15) is 0 Å². The van der Waals surface area contributed by atoms with Crippen LogP contribution in [0.15, 0.2) is 0 Å². The smallest absolute Gasteiger partial charge is 0.407 e. The topological polar surface area (TPSA) is 67.6 Å². The standard InChI is InChI=1S/C16H33N3O2/c1-5-6-11-19(13-7-8-13)14(12-17)9-10-18-15(20)21-16(2,3)4/h13-14H,5-12,17H2,1-4H3,(H,18,20). The van der Waals surface area contributed by atoms with E-state index < -0.39 is 5.60 Å². The third-order valence-electron chi connectivity index (χ3n) is 3.67. The minimum absolute atomic E-state index is 0.343. The molecule has 1 amide bonds. The second-order valence-electron chi connectivity index (χ2n) is 6.93. The van der Waals surface area contributed by atoms with Gasteiger partial charge in [0.25, 0.3) is 0 Å². The van der Waals surface area contributed by atoms with E-state index in [-0.39, 0.29) is 6.09 Å². The van der Waals surface area contributed by atoms with E-state index >= 15 is 0 Å². The number of alkyl carbamates (subject to hydrolysis) is 1. The second kappa shape index (κ2) is 8.59. The molecule has 1 atom stereocenters. The van der Waals surface area contributed by atoms with Crippen molar-refractivity contribution in [2.24, 2.45) is 5.73 Å². The van der Waals surface area contributed by atoms with Crippen molar-refractivity contribution in [2.45, 2.75) is 77.5 Å². The number of nitrogens with two attached hydrogens (primary N) is 1. The molecule has 0 saturated heterocycles. The summed E-state index contributed by atoms with van der Waals surface area (Å²) in [7, 11) is 0. The lowest BCUT2D eigenvalue weighted by Crippen LogP contribution is -2.45. The van der Waals surface area contributed by atoms with Gasteiger partial charge in [0, 0.05) is 25.2 Å². The Morgan fingerprint density at radius 1 is 1.43 bits per heavy atom. The fraction of sp³-hybridized carbons (Fsp3) is 0.938. The van der Waals surface area contributed by atoms with Gasteiger partial charge in [0.15, 0.2) is 0 Å². The van der Waals surface area contributed by atoms with Crippen LogP contribution in [0.3, 0.4) is 0 Å². The molecule has 1 unspecified atom stereocenters. The Morgan fingerprint density at radius 3 is 2.57 bits per heavy atom. The number of unbranched alkanes of at least 4 members (excludes halogenated alkanes) is 1. The minimum Gasteiger partial charge on any atom is -0.444 e. The molecule has 0 bridgehead atoms. The van der Waals surface area contributed by atoms with Crippen molar-refractivity contribution in [3.8, 4) is 0 Å². The zero-order valence-electron chi connectivity index (χ0n) is 14.2. The lowest BCUT2D eigenvalue weighted by molar-refractivity contribution is 0.0521. The summed E-state index contributed by atoms with van der Waals surface area (Å²) in [5, 5.41) is 2.83. The summed E-state index contributed by atoms with van der Waals surface area (Å²) < 4.78 is 5.24. The summed E-state index contributed by atoms with van der Waals surface area (Å²) in [6, 6.07) is 1.07. The zero-order chi connectivity index (χ0) is 15.9. The lowest BCUT2D eigenvalue weighted by Gasteiger charge is -2.31. The largest absolute Gasteiger partial charge is 0.444 e. The molecule has 0 aromatic rings. The highest BCUT2D eigenvalue weighted by molar-refractivity contribution is 5.67. The van der Waals surface area contributed by atoms with Crippen LogP contribution in [0, 0.1) is 0 Å². The molecule has 0 aliphatic heterocycles. The van der Waals surface area contributed by atoms with E-state index in [1.54, 1.807) is 0 Å². The molecule has 0 spiro atoms. The third kappa shape index (κ3) is 7.67. The van der Waals surface area contributed by atoms with Crippen molar-refractivity contribution in [1.82, 2.24) is 10.2 Å². The first-order valence-corrected chi connectivity index (χ1v) is 8.30. The molecule has 0 aromatic carbocycles. The van der Waals surface area contributed by atoms with Crippen LogP contribution in [0.2, 0.25) is 0 Å². The van der Waals surface area contributed by atoms with E-state index in [9.17, 15) is 4.79 Å². The van der Waals surface area contributed by atoms with Crippen LogP contribution in [-0.4, -0.2) is 48.3 Å². The van der Waals surface area contributed by atoms with Crippen LogP contribution in [0.5, 0.6) is 0 Å². The van der Waals surface area contributed by atoms with Gasteiger partial charge in [-0.25, -0.2) is 4.79 Å². The first-order valence-electron chi connectivity index (χ1n) is 8.30. The first-order chi connectivity index (χ1) is 9.87. The monoisotopic (exact) mass is 299 g/mol. The normalized spacial score (nSPS) is 16.9. The molecule has 1 aliphatic carbocycles. The average Bonchev–Trinajstić information content (AvgIpc) is 3.19. The van der Waals surface area contributed by atoms with E-state index in [1.807, 2.05) is 20.8 Å². The molecule has 21 heavy (non-hydrogen) atoms. The molecule has 1 aliphatic rings. The molecule has 5 nitrogen and oxygen atoms in total. The molecule has 0 aromatic heterocycles.